The van der Waals surface area contributed by atoms with Crippen LogP contribution in [0, 0.1) is 20.8 Å². The molecule has 0 fully saturated rings. The quantitative estimate of drug-likeness (QED) is 0.638. The van der Waals surface area contributed by atoms with Gasteiger partial charge in [-0.05, 0) is 93.5 Å². The van der Waals surface area contributed by atoms with E-state index in [0.29, 0.717) is 19.6 Å². The maximum Gasteiger partial charge on any atom is 0.407 e. The van der Waals surface area contributed by atoms with E-state index in [-0.39, 0.29) is 6.61 Å². The van der Waals surface area contributed by atoms with Crippen LogP contribution in [0.1, 0.15) is 49.4 Å². The summed E-state index contributed by atoms with van der Waals surface area (Å²) in [6, 6.07) is 10.1. The van der Waals surface area contributed by atoms with Crippen molar-refractivity contribution in [3.63, 3.8) is 0 Å². The molecule has 29 heavy (non-hydrogen) atoms. The first-order chi connectivity index (χ1) is 13.6. The predicted octanol–water partition coefficient (Wildman–Crippen LogP) is 5.06. The lowest BCUT2D eigenvalue weighted by molar-refractivity contribution is 0.0525. The number of aryl methyl sites for hydroxylation is 2. The van der Waals surface area contributed by atoms with Crippen LogP contribution in [-0.2, 0) is 11.3 Å². The first-order valence-corrected chi connectivity index (χ1v) is 10.0. The van der Waals surface area contributed by atoms with Crippen LogP contribution in [0.4, 0.5) is 4.79 Å². The van der Waals surface area contributed by atoms with Crippen LogP contribution < -0.4 is 10.1 Å². The smallest absolute Gasteiger partial charge is 0.407 e. The van der Waals surface area contributed by atoms with Crippen molar-refractivity contribution in [2.75, 3.05) is 13.2 Å². The number of carbonyl (C=O) groups is 1. The summed E-state index contributed by atoms with van der Waals surface area (Å²) in [7, 11) is 0. The minimum atomic E-state index is -0.494. The van der Waals surface area contributed by atoms with E-state index in [1.807, 2.05) is 52.0 Å². The molecule has 0 saturated carbocycles. The highest BCUT2D eigenvalue weighted by atomic mass is 16.6. The van der Waals surface area contributed by atoms with Crippen molar-refractivity contribution in [3.8, 4) is 16.9 Å². The highest BCUT2D eigenvalue weighted by Gasteiger charge is 2.15. The summed E-state index contributed by atoms with van der Waals surface area (Å²) in [5.74, 6) is 0.817. The molecule has 1 amide bonds. The van der Waals surface area contributed by atoms with E-state index in [0.717, 1.165) is 33.6 Å². The molecule has 158 valence electrons. The van der Waals surface area contributed by atoms with Crippen LogP contribution in [0.3, 0.4) is 0 Å². The maximum atomic E-state index is 11.6. The molecule has 0 aliphatic rings. The van der Waals surface area contributed by atoms with Gasteiger partial charge in [0.15, 0.2) is 0 Å². The third kappa shape index (κ3) is 6.50. The van der Waals surface area contributed by atoms with Gasteiger partial charge in [0.25, 0.3) is 0 Å². The van der Waals surface area contributed by atoms with Crippen molar-refractivity contribution in [1.29, 1.82) is 0 Å². The molecular weight excluding hydrogens is 366 g/mol. The second-order valence-electron chi connectivity index (χ2n) is 8.31. The summed E-state index contributed by atoms with van der Waals surface area (Å²) in [6.07, 6.45) is 0.283. The summed E-state index contributed by atoms with van der Waals surface area (Å²) < 4.78 is 11.1. The molecule has 2 aromatic rings. The first kappa shape index (κ1) is 22.8. The van der Waals surface area contributed by atoms with Crippen molar-refractivity contribution in [3.05, 3.63) is 52.6 Å². The Balaban J connectivity index is 1.97. The molecule has 0 heterocycles. The van der Waals surface area contributed by atoms with Crippen molar-refractivity contribution in [1.82, 2.24) is 5.32 Å². The molecule has 0 bridgehead atoms. The minimum Gasteiger partial charge on any atom is -0.494 e. The number of ether oxygens (including phenoxy) is 2. The largest absolute Gasteiger partial charge is 0.494 e. The third-order valence-electron chi connectivity index (χ3n) is 4.65. The summed E-state index contributed by atoms with van der Waals surface area (Å²) in [5.41, 5.74) is 6.13. The second kappa shape index (κ2) is 9.79. The number of hydrogen-bond acceptors (Lipinski definition) is 4. The monoisotopic (exact) mass is 399 g/mol. The Morgan fingerprint density at radius 3 is 2.34 bits per heavy atom. The molecule has 0 aliphatic carbocycles. The molecule has 2 aromatic carbocycles. The van der Waals surface area contributed by atoms with Crippen LogP contribution in [0.2, 0.25) is 0 Å². The van der Waals surface area contributed by atoms with Gasteiger partial charge in [-0.1, -0.05) is 18.2 Å². The number of alkyl carbamates (subject to hydrolysis) is 1. The van der Waals surface area contributed by atoms with Crippen LogP contribution >= 0.6 is 0 Å². The number of aliphatic hydroxyl groups excluding tert-OH is 1. The second-order valence-corrected chi connectivity index (χ2v) is 8.31. The topological polar surface area (TPSA) is 67.8 Å². The maximum absolute atomic E-state index is 11.6. The number of amides is 1. The molecule has 2 N–H and O–H groups in total. The third-order valence-corrected chi connectivity index (χ3v) is 4.65. The lowest BCUT2D eigenvalue weighted by atomic mass is 9.90. The zero-order valence-electron chi connectivity index (χ0n) is 18.4. The number of carbonyl (C=O) groups excluding carboxylic acids is 1. The van der Waals surface area contributed by atoms with Crippen LogP contribution in [0.5, 0.6) is 5.75 Å². The normalized spacial score (nSPS) is 11.3. The van der Waals surface area contributed by atoms with E-state index < -0.39 is 11.7 Å². The number of hydrogen-bond donors (Lipinski definition) is 2. The Kier molecular flexibility index (Phi) is 7.68. The number of benzene rings is 2. The SMILES string of the molecule is Cc1cc(OCCCNC(=O)OC(C)(C)C)cc(C)c1-c1cccc(CO)c1C. The Morgan fingerprint density at radius 1 is 1.10 bits per heavy atom. The Labute approximate surface area is 174 Å². The van der Waals surface area contributed by atoms with Gasteiger partial charge in [-0.25, -0.2) is 4.79 Å². The summed E-state index contributed by atoms with van der Waals surface area (Å²) in [6.45, 7) is 12.8. The lowest BCUT2D eigenvalue weighted by Gasteiger charge is -2.19. The highest BCUT2D eigenvalue weighted by molar-refractivity contribution is 5.75. The molecule has 0 aromatic heterocycles. The van der Waals surface area contributed by atoms with Gasteiger partial charge in [0.2, 0.25) is 0 Å². The lowest BCUT2D eigenvalue weighted by Crippen LogP contribution is -2.33. The molecule has 2 rings (SSSR count). The van der Waals surface area contributed by atoms with Gasteiger partial charge < -0.3 is 19.9 Å². The number of rotatable bonds is 7. The standard InChI is InChI=1S/C24H33NO4/c1-16-13-20(28-12-8-11-25-23(27)29-24(4,5)6)14-17(2)22(16)21-10-7-9-19(15-26)18(21)3/h7,9-10,13-14,26H,8,11-12,15H2,1-6H3,(H,25,27). The van der Waals surface area contributed by atoms with Crippen molar-refractivity contribution < 1.29 is 19.4 Å². The zero-order valence-corrected chi connectivity index (χ0v) is 18.4. The molecule has 0 unspecified atom stereocenters. The van der Waals surface area contributed by atoms with E-state index in [1.165, 1.54) is 5.56 Å². The van der Waals surface area contributed by atoms with Gasteiger partial charge in [-0.15, -0.1) is 0 Å². The number of aliphatic hydroxyl groups is 1. The fourth-order valence-electron chi connectivity index (χ4n) is 3.32. The summed E-state index contributed by atoms with van der Waals surface area (Å²) in [4.78, 5) is 11.6. The van der Waals surface area contributed by atoms with E-state index in [4.69, 9.17) is 9.47 Å². The fraction of sp³-hybridized carbons (Fsp3) is 0.458. The van der Waals surface area contributed by atoms with Crippen molar-refractivity contribution >= 4 is 6.09 Å². The Morgan fingerprint density at radius 2 is 1.76 bits per heavy atom. The van der Waals surface area contributed by atoms with Crippen molar-refractivity contribution in [2.24, 2.45) is 0 Å². The number of nitrogens with one attached hydrogen (secondary N) is 1. The van der Waals surface area contributed by atoms with Crippen LogP contribution in [0.15, 0.2) is 30.3 Å². The highest BCUT2D eigenvalue weighted by Crippen LogP contribution is 2.34. The van der Waals surface area contributed by atoms with Gasteiger partial charge in [-0.3, -0.25) is 0 Å². The molecule has 0 atom stereocenters. The predicted molar refractivity (Wildman–Crippen MR) is 116 cm³/mol. The van der Waals surface area contributed by atoms with Crippen LogP contribution in [-0.4, -0.2) is 30.0 Å². The zero-order chi connectivity index (χ0) is 21.6. The van der Waals surface area contributed by atoms with Gasteiger partial charge in [0.05, 0.1) is 13.2 Å². The molecule has 0 spiro atoms. The van der Waals surface area contributed by atoms with Gasteiger partial charge in [0, 0.05) is 6.54 Å². The average Bonchev–Trinajstić information content (AvgIpc) is 2.60. The Hall–Kier alpha value is -2.53. The van der Waals surface area contributed by atoms with Gasteiger partial charge in [-0.2, -0.15) is 0 Å². The molecule has 0 saturated heterocycles. The fourth-order valence-corrected chi connectivity index (χ4v) is 3.32. The molecule has 0 aliphatic heterocycles. The van der Waals surface area contributed by atoms with E-state index in [2.05, 4.69) is 25.2 Å². The van der Waals surface area contributed by atoms with Gasteiger partial charge in [0.1, 0.15) is 11.4 Å². The molecule has 5 heteroatoms. The first-order valence-electron chi connectivity index (χ1n) is 10.0. The molecule has 0 radical (unpaired) electrons. The molecular formula is C24H33NO4. The van der Waals surface area contributed by atoms with Crippen molar-refractivity contribution in [2.45, 2.75) is 60.2 Å². The minimum absolute atomic E-state index is 0.0380. The van der Waals surface area contributed by atoms with E-state index >= 15 is 0 Å². The summed E-state index contributed by atoms with van der Waals surface area (Å²) >= 11 is 0. The summed E-state index contributed by atoms with van der Waals surface area (Å²) in [5, 5.41) is 12.3. The molecule has 5 nitrogen and oxygen atoms in total. The van der Waals surface area contributed by atoms with Gasteiger partial charge >= 0.3 is 6.09 Å². The van der Waals surface area contributed by atoms with E-state index in [9.17, 15) is 9.90 Å². The Bertz CT molecular complexity index is 829. The average molecular weight is 400 g/mol. The van der Waals surface area contributed by atoms with Crippen LogP contribution in [0.25, 0.3) is 11.1 Å². The van der Waals surface area contributed by atoms with E-state index in [1.54, 1.807) is 0 Å².